The van der Waals surface area contributed by atoms with Gasteiger partial charge >= 0.3 is 5.97 Å². The number of sulfonamides is 1. The van der Waals surface area contributed by atoms with Crippen LogP contribution in [0.1, 0.15) is 6.42 Å². The Balaban J connectivity index is 2.97. The van der Waals surface area contributed by atoms with Crippen molar-refractivity contribution in [3.8, 4) is 0 Å². The highest BCUT2D eigenvalue weighted by atomic mass is 32.2. The van der Waals surface area contributed by atoms with E-state index in [-0.39, 0.29) is 23.5 Å². The number of esters is 1. The molecule has 1 rings (SSSR count). The largest absolute Gasteiger partial charge is 0.469 e. The van der Waals surface area contributed by atoms with Crippen molar-refractivity contribution in [2.24, 2.45) is 0 Å². The van der Waals surface area contributed by atoms with Gasteiger partial charge in [0.1, 0.15) is 10.7 Å². The van der Waals surface area contributed by atoms with Gasteiger partial charge < -0.3 is 10.5 Å². The molecule has 0 aliphatic rings. The molecule has 0 amide bonds. The van der Waals surface area contributed by atoms with Crippen molar-refractivity contribution in [1.82, 2.24) is 4.31 Å². The summed E-state index contributed by atoms with van der Waals surface area (Å²) in [6, 6.07) is 3.10. The monoisotopic (exact) mass is 290 g/mol. The van der Waals surface area contributed by atoms with E-state index in [0.717, 1.165) is 16.4 Å². The zero-order valence-corrected chi connectivity index (χ0v) is 11.4. The molecule has 0 saturated heterocycles. The van der Waals surface area contributed by atoms with Gasteiger partial charge in [0.05, 0.1) is 19.2 Å². The summed E-state index contributed by atoms with van der Waals surface area (Å²) in [4.78, 5) is 10.7. The molecule has 106 valence electrons. The highest BCUT2D eigenvalue weighted by Gasteiger charge is 2.24. The number of rotatable bonds is 5. The van der Waals surface area contributed by atoms with E-state index < -0.39 is 21.8 Å². The first-order valence-corrected chi connectivity index (χ1v) is 6.81. The van der Waals surface area contributed by atoms with E-state index in [9.17, 15) is 17.6 Å². The van der Waals surface area contributed by atoms with Crippen LogP contribution >= 0.6 is 0 Å². The number of carbonyl (C=O) groups is 1. The summed E-state index contributed by atoms with van der Waals surface area (Å²) in [5.74, 6) is -1.23. The van der Waals surface area contributed by atoms with Crippen molar-refractivity contribution in [2.75, 3.05) is 26.4 Å². The third-order valence-electron chi connectivity index (χ3n) is 2.52. The zero-order chi connectivity index (χ0) is 14.6. The number of anilines is 1. The minimum Gasteiger partial charge on any atom is -0.469 e. The zero-order valence-electron chi connectivity index (χ0n) is 10.6. The molecular weight excluding hydrogens is 275 g/mol. The second kappa shape index (κ2) is 5.98. The van der Waals surface area contributed by atoms with Gasteiger partial charge in [-0.3, -0.25) is 4.79 Å². The van der Waals surface area contributed by atoms with Crippen LogP contribution in [0, 0.1) is 5.82 Å². The van der Waals surface area contributed by atoms with E-state index >= 15 is 0 Å². The van der Waals surface area contributed by atoms with Crippen LogP contribution in [0.3, 0.4) is 0 Å². The maximum Gasteiger partial charge on any atom is 0.306 e. The smallest absolute Gasteiger partial charge is 0.306 e. The molecule has 0 fully saturated rings. The summed E-state index contributed by atoms with van der Waals surface area (Å²) >= 11 is 0. The van der Waals surface area contributed by atoms with E-state index in [1.54, 1.807) is 0 Å². The summed E-state index contributed by atoms with van der Waals surface area (Å²) < 4.78 is 42.7. The van der Waals surface area contributed by atoms with Gasteiger partial charge in [-0.05, 0) is 18.2 Å². The number of nitrogen functional groups attached to an aromatic ring is 1. The summed E-state index contributed by atoms with van der Waals surface area (Å²) in [6.07, 6.45) is -0.0958. The number of benzene rings is 1. The van der Waals surface area contributed by atoms with Crippen molar-refractivity contribution in [3.05, 3.63) is 24.0 Å². The van der Waals surface area contributed by atoms with Crippen molar-refractivity contribution in [3.63, 3.8) is 0 Å². The van der Waals surface area contributed by atoms with Crippen LogP contribution in [0.2, 0.25) is 0 Å². The lowest BCUT2D eigenvalue weighted by molar-refractivity contribution is -0.140. The van der Waals surface area contributed by atoms with Crippen molar-refractivity contribution in [2.45, 2.75) is 11.3 Å². The van der Waals surface area contributed by atoms with E-state index in [1.807, 2.05) is 0 Å². The van der Waals surface area contributed by atoms with Crippen LogP contribution in [0.25, 0.3) is 0 Å². The lowest BCUT2D eigenvalue weighted by atomic mass is 10.3. The van der Waals surface area contributed by atoms with E-state index in [2.05, 4.69) is 4.74 Å². The van der Waals surface area contributed by atoms with Gasteiger partial charge in [0.25, 0.3) is 0 Å². The fraction of sp³-hybridized carbons (Fsp3) is 0.364. The Kier molecular flexibility index (Phi) is 4.84. The van der Waals surface area contributed by atoms with Crippen LogP contribution < -0.4 is 5.73 Å². The Bertz CT molecular complexity index is 574. The normalized spacial score (nSPS) is 11.6. The molecule has 0 aliphatic carbocycles. The van der Waals surface area contributed by atoms with Crippen molar-refractivity contribution >= 4 is 21.7 Å². The molecule has 2 N–H and O–H groups in total. The molecule has 0 atom stereocenters. The molecule has 0 bridgehead atoms. The molecule has 0 saturated carbocycles. The third-order valence-corrected chi connectivity index (χ3v) is 4.43. The SMILES string of the molecule is COC(=O)CCN(C)S(=O)(=O)c1cc(F)ccc1N. The number of nitrogens with zero attached hydrogens (tertiary/aromatic N) is 1. The van der Waals surface area contributed by atoms with Crippen LogP contribution in [0.5, 0.6) is 0 Å². The predicted molar refractivity (Wildman–Crippen MR) is 67.3 cm³/mol. The molecule has 0 aliphatic heterocycles. The lowest BCUT2D eigenvalue weighted by Gasteiger charge is -2.17. The highest BCUT2D eigenvalue weighted by Crippen LogP contribution is 2.22. The molecular formula is C11H15FN2O4S. The fourth-order valence-electron chi connectivity index (χ4n) is 1.37. The number of hydrogen-bond donors (Lipinski definition) is 1. The lowest BCUT2D eigenvalue weighted by Crippen LogP contribution is -2.30. The number of carbonyl (C=O) groups excluding carboxylic acids is 1. The van der Waals surface area contributed by atoms with E-state index in [1.165, 1.54) is 20.2 Å². The van der Waals surface area contributed by atoms with Crippen molar-refractivity contribution < 1.29 is 22.3 Å². The average Bonchev–Trinajstić information content (AvgIpc) is 2.37. The van der Waals surface area contributed by atoms with E-state index in [0.29, 0.717) is 0 Å². The Hall–Kier alpha value is -1.67. The highest BCUT2D eigenvalue weighted by molar-refractivity contribution is 7.89. The van der Waals surface area contributed by atoms with Gasteiger partial charge in [-0.1, -0.05) is 0 Å². The molecule has 1 aromatic rings. The van der Waals surface area contributed by atoms with Crippen LogP contribution in [-0.4, -0.2) is 39.4 Å². The topological polar surface area (TPSA) is 89.7 Å². The second-order valence-electron chi connectivity index (χ2n) is 3.83. The van der Waals surface area contributed by atoms with Gasteiger partial charge in [0, 0.05) is 13.6 Å². The quantitative estimate of drug-likeness (QED) is 0.633. The number of hydrogen-bond acceptors (Lipinski definition) is 5. The van der Waals surface area contributed by atoms with Crippen LogP contribution in [-0.2, 0) is 19.6 Å². The summed E-state index contributed by atoms with van der Waals surface area (Å²) in [5.41, 5.74) is 5.48. The average molecular weight is 290 g/mol. The third kappa shape index (κ3) is 3.65. The maximum absolute atomic E-state index is 13.1. The molecule has 0 heterocycles. The first-order valence-electron chi connectivity index (χ1n) is 5.37. The molecule has 19 heavy (non-hydrogen) atoms. The second-order valence-corrected chi connectivity index (χ2v) is 5.85. The van der Waals surface area contributed by atoms with Gasteiger partial charge in [-0.2, -0.15) is 0 Å². The molecule has 0 radical (unpaired) electrons. The molecule has 0 unspecified atom stereocenters. The van der Waals surface area contributed by atoms with Crippen LogP contribution in [0.15, 0.2) is 23.1 Å². The number of ether oxygens (including phenoxy) is 1. The summed E-state index contributed by atoms with van der Waals surface area (Å²) in [7, 11) is -1.45. The maximum atomic E-state index is 13.1. The molecule has 6 nitrogen and oxygen atoms in total. The minimum absolute atomic E-state index is 0.0497. The Labute approximate surface area is 111 Å². The van der Waals surface area contributed by atoms with E-state index in [4.69, 9.17) is 5.73 Å². The first kappa shape index (κ1) is 15.4. The minimum atomic E-state index is -3.94. The van der Waals surface area contributed by atoms with Crippen LogP contribution in [0.4, 0.5) is 10.1 Å². The van der Waals surface area contributed by atoms with Gasteiger partial charge in [-0.15, -0.1) is 0 Å². The molecule has 0 aromatic heterocycles. The first-order chi connectivity index (χ1) is 8.78. The molecule has 0 spiro atoms. The summed E-state index contributed by atoms with van der Waals surface area (Å²) in [5, 5.41) is 0. The van der Waals surface area contributed by atoms with Crippen molar-refractivity contribution in [1.29, 1.82) is 0 Å². The summed E-state index contributed by atoms with van der Waals surface area (Å²) in [6.45, 7) is -0.0784. The molecule has 8 heteroatoms. The fourth-order valence-corrected chi connectivity index (χ4v) is 2.67. The Morgan fingerprint density at radius 2 is 2.11 bits per heavy atom. The predicted octanol–water partition coefficient (Wildman–Crippen LogP) is 0.591. The van der Waals surface area contributed by atoms with Gasteiger partial charge in [-0.25, -0.2) is 17.1 Å². The van der Waals surface area contributed by atoms with Gasteiger partial charge in [0.2, 0.25) is 10.0 Å². The standard InChI is InChI=1S/C11H15FN2O4S/c1-14(6-5-11(15)18-2)19(16,17)10-7-8(12)3-4-9(10)13/h3-4,7H,5-6,13H2,1-2H3. The Morgan fingerprint density at radius 1 is 1.47 bits per heavy atom. The van der Waals surface area contributed by atoms with Gasteiger partial charge in [0.15, 0.2) is 0 Å². The number of halogens is 1. The number of methoxy groups -OCH3 is 1. The Morgan fingerprint density at radius 3 is 2.68 bits per heavy atom. The number of nitrogens with two attached hydrogens (primary N) is 1. The molecule has 1 aromatic carbocycles.